The molecule has 0 radical (unpaired) electrons. The van der Waals surface area contributed by atoms with Crippen molar-refractivity contribution in [2.24, 2.45) is 5.92 Å². The van der Waals surface area contributed by atoms with E-state index >= 15 is 0 Å². The summed E-state index contributed by atoms with van der Waals surface area (Å²) in [5.41, 5.74) is 1.50. The molecule has 2 aliphatic rings. The summed E-state index contributed by atoms with van der Waals surface area (Å²) >= 11 is 1.91. The Morgan fingerprint density at radius 1 is 0.917 bits per heavy atom. The molecule has 0 spiro atoms. The van der Waals surface area contributed by atoms with Crippen molar-refractivity contribution >= 4 is 11.9 Å². The van der Waals surface area contributed by atoms with Crippen LogP contribution in [-0.4, -0.2) is 30.0 Å². The van der Waals surface area contributed by atoms with Crippen LogP contribution in [0, 0.1) is 5.92 Å². The Bertz CT molecular complexity index is 623. The van der Waals surface area contributed by atoms with Gasteiger partial charge in [-0.1, -0.05) is 48.5 Å². The van der Waals surface area contributed by atoms with E-state index in [1.807, 2.05) is 11.9 Å². The third-order valence-corrected chi connectivity index (χ3v) is 6.34. The fraction of sp³-hybridized carbons (Fsp3) is 0.429. The molecule has 1 aliphatic heterocycles. The van der Waals surface area contributed by atoms with Crippen LogP contribution >= 0.6 is 11.9 Å². The van der Waals surface area contributed by atoms with E-state index in [1.165, 1.54) is 49.4 Å². The molecule has 1 saturated heterocycles. The van der Waals surface area contributed by atoms with E-state index in [-0.39, 0.29) is 0 Å². The molecule has 0 aromatic heterocycles. The van der Waals surface area contributed by atoms with E-state index < -0.39 is 0 Å². The van der Waals surface area contributed by atoms with Gasteiger partial charge in [0.05, 0.1) is 0 Å². The Labute approximate surface area is 149 Å². The number of rotatable bonds is 6. The van der Waals surface area contributed by atoms with Crippen LogP contribution < -0.4 is 5.32 Å². The number of nitrogens with zero attached hydrogens (tertiary/aromatic N) is 1. The molecule has 2 atom stereocenters. The lowest BCUT2D eigenvalue weighted by Crippen LogP contribution is -2.34. The van der Waals surface area contributed by atoms with Crippen molar-refractivity contribution in [3.8, 4) is 0 Å². The minimum atomic E-state index is 0.712. The highest BCUT2D eigenvalue weighted by Crippen LogP contribution is 2.40. The first-order chi connectivity index (χ1) is 11.9. The summed E-state index contributed by atoms with van der Waals surface area (Å²) in [5, 5.41) is 3.81. The van der Waals surface area contributed by atoms with Crippen LogP contribution in [0.5, 0.6) is 0 Å². The number of hydrogen-bond donors (Lipinski definition) is 1. The first-order valence-corrected chi connectivity index (χ1v) is 9.92. The lowest BCUT2D eigenvalue weighted by molar-refractivity contribution is 0.282. The van der Waals surface area contributed by atoms with Crippen molar-refractivity contribution in [3.63, 3.8) is 0 Å². The lowest BCUT2D eigenvalue weighted by Gasteiger charge is -2.31. The zero-order valence-electron chi connectivity index (χ0n) is 14.1. The molecule has 2 nitrogen and oxygen atoms in total. The molecule has 1 N–H and O–H groups in total. The van der Waals surface area contributed by atoms with E-state index in [1.54, 1.807) is 0 Å². The van der Waals surface area contributed by atoms with Crippen LogP contribution in [0.15, 0.2) is 65.6 Å². The summed E-state index contributed by atoms with van der Waals surface area (Å²) in [6, 6.07) is 22.4. The predicted octanol–water partition coefficient (Wildman–Crippen LogP) is 4.55. The Morgan fingerprint density at radius 2 is 1.58 bits per heavy atom. The van der Waals surface area contributed by atoms with E-state index in [0.29, 0.717) is 6.04 Å². The van der Waals surface area contributed by atoms with Crippen molar-refractivity contribution in [2.45, 2.75) is 36.1 Å². The molecule has 3 heteroatoms. The normalized spacial score (nSPS) is 24.8. The summed E-state index contributed by atoms with van der Waals surface area (Å²) < 4.78 is 2.52. The average Bonchev–Trinajstić information content (AvgIpc) is 3.43. The quantitative estimate of drug-likeness (QED) is 0.778. The smallest absolute Gasteiger partial charge is 0.0230 e. The third kappa shape index (κ3) is 4.21. The lowest BCUT2D eigenvalue weighted by atomic mass is 9.98. The van der Waals surface area contributed by atoms with Gasteiger partial charge in [0.1, 0.15) is 0 Å². The monoisotopic (exact) mass is 338 g/mol. The van der Waals surface area contributed by atoms with Gasteiger partial charge in [-0.3, -0.25) is 0 Å². The average molecular weight is 339 g/mol. The molecule has 0 bridgehead atoms. The van der Waals surface area contributed by atoms with Gasteiger partial charge in [0.25, 0.3) is 0 Å². The summed E-state index contributed by atoms with van der Waals surface area (Å²) in [6.45, 7) is 3.61. The van der Waals surface area contributed by atoms with Crippen molar-refractivity contribution in [1.82, 2.24) is 9.62 Å². The number of benzene rings is 2. The van der Waals surface area contributed by atoms with Crippen LogP contribution in [0.25, 0.3) is 0 Å². The van der Waals surface area contributed by atoms with Gasteiger partial charge in [-0.2, -0.15) is 0 Å². The fourth-order valence-corrected chi connectivity index (χ4v) is 4.61. The SMILES string of the molecule is c1ccc(SN2CCC(CN[C@H]3C[C@@H]3c3ccccc3)CC2)cc1. The maximum absolute atomic E-state index is 3.81. The zero-order chi connectivity index (χ0) is 16.2. The molecule has 2 fully saturated rings. The first kappa shape index (κ1) is 16.2. The predicted molar refractivity (Wildman–Crippen MR) is 102 cm³/mol. The first-order valence-electron chi connectivity index (χ1n) is 9.15. The Balaban J connectivity index is 1.17. The van der Waals surface area contributed by atoms with Gasteiger partial charge in [0.15, 0.2) is 0 Å². The van der Waals surface area contributed by atoms with Gasteiger partial charge >= 0.3 is 0 Å². The van der Waals surface area contributed by atoms with Gasteiger partial charge in [0, 0.05) is 29.9 Å². The fourth-order valence-electron chi connectivity index (χ4n) is 3.64. The van der Waals surface area contributed by atoms with E-state index in [9.17, 15) is 0 Å². The van der Waals surface area contributed by atoms with Crippen LogP contribution in [-0.2, 0) is 0 Å². The highest BCUT2D eigenvalue weighted by atomic mass is 32.2. The van der Waals surface area contributed by atoms with Gasteiger partial charge in [0.2, 0.25) is 0 Å². The summed E-state index contributed by atoms with van der Waals surface area (Å²) in [7, 11) is 0. The van der Waals surface area contributed by atoms with Crippen LogP contribution in [0.3, 0.4) is 0 Å². The molecular weight excluding hydrogens is 312 g/mol. The van der Waals surface area contributed by atoms with Crippen molar-refractivity contribution in [2.75, 3.05) is 19.6 Å². The maximum Gasteiger partial charge on any atom is 0.0230 e. The summed E-state index contributed by atoms with van der Waals surface area (Å²) in [4.78, 5) is 1.36. The van der Waals surface area contributed by atoms with Crippen molar-refractivity contribution in [1.29, 1.82) is 0 Å². The van der Waals surface area contributed by atoms with E-state index in [2.05, 4.69) is 70.3 Å². The number of piperidine rings is 1. The molecule has 4 rings (SSSR count). The molecule has 1 aliphatic carbocycles. The van der Waals surface area contributed by atoms with Gasteiger partial charge < -0.3 is 5.32 Å². The Hall–Kier alpha value is -1.29. The van der Waals surface area contributed by atoms with Crippen molar-refractivity contribution < 1.29 is 0 Å². The largest absolute Gasteiger partial charge is 0.313 e. The molecule has 0 amide bonds. The highest BCUT2D eigenvalue weighted by Gasteiger charge is 2.38. The van der Waals surface area contributed by atoms with Crippen LogP contribution in [0.1, 0.15) is 30.7 Å². The summed E-state index contributed by atoms with van der Waals surface area (Å²) in [6.07, 6.45) is 3.94. The molecule has 2 aromatic rings. The molecule has 1 heterocycles. The zero-order valence-corrected chi connectivity index (χ0v) is 14.9. The Morgan fingerprint density at radius 3 is 2.29 bits per heavy atom. The van der Waals surface area contributed by atoms with Crippen LogP contribution in [0.2, 0.25) is 0 Å². The minimum absolute atomic E-state index is 0.712. The Kier molecular flexibility index (Phi) is 5.21. The second-order valence-corrected chi connectivity index (χ2v) is 8.21. The molecule has 0 unspecified atom stereocenters. The second-order valence-electron chi connectivity index (χ2n) is 7.04. The molecule has 126 valence electrons. The molecule has 24 heavy (non-hydrogen) atoms. The van der Waals surface area contributed by atoms with Gasteiger partial charge in [-0.25, -0.2) is 4.31 Å². The molecular formula is C21H26N2S. The topological polar surface area (TPSA) is 15.3 Å². The van der Waals surface area contributed by atoms with E-state index in [0.717, 1.165) is 11.8 Å². The minimum Gasteiger partial charge on any atom is -0.313 e. The number of hydrogen-bond acceptors (Lipinski definition) is 3. The second kappa shape index (κ2) is 7.73. The molecule has 2 aromatic carbocycles. The van der Waals surface area contributed by atoms with E-state index in [4.69, 9.17) is 0 Å². The summed E-state index contributed by atoms with van der Waals surface area (Å²) in [5.74, 6) is 1.59. The van der Waals surface area contributed by atoms with Gasteiger partial charge in [-0.15, -0.1) is 0 Å². The van der Waals surface area contributed by atoms with Gasteiger partial charge in [-0.05, 0) is 61.4 Å². The highest BCUT2D eigenvalue weighted by molar-refractivity contribution is 7.97. The molecule has 1 saturated carbocycles. The van der Waals surface area contributed by atoms with Crippen molar-refractivity contribution in [3.05, 3.63) is 66.2 Å². The third-order valence-electron chi connectivity index (χ3n) is 5.24. The maximum atomic E-state index is 3.81. The number of nitrogens with one attached hydrogen (secondary N) is 1. The standard InChI is InChI=1S/C21H26N2S/c1-3-7-18(8-4-1)20-15-21(20)22-16-17-11-13-23(14-12-17)24-19-9-5-2-6-10-19/h1-10,17,20-22H,11-16H2/t20-,21+/m1/s1. The van der Waals surface area contributed by atoms with Crippen LogP contribution in [0.4, 0.5) is 0 Å².